The minimum absolute atomic E-state index is 0.494. The van der Waals surface area contributed by atoms with E-state index in [2.05, 4.69) is 10.0 Å². The molecule has 0 atom stereocenters. The van der Waals surface area contributed by atoms with E-state index in [4.69, 9.17) is 4.98 Å². The number of aromatic nitrogens is 1. The SMILES string of the molecule is CS(=O)(=O)Nc1ccc2c(Nc3ccccc3)c3ccccc3nc2c1. The predicted octanol–water partition coefficient (Wildman–Crippen LogP) is 4.50. The average molecular weight is 363 g/mol. The summed E-state index contributed by atoms with van der Waals surface area (Å²) < 4.78 is 25.5. The Bertz CT molecular complexity index is 1210. The van der Waals surface area contributed by atoms with Gasteiger partial charge >= 0.3 is 0 Å². The van der Waals surface area contributed by atoms with Gasteiger partial charge in [-0.25, -0.2) is 13.4 Å². The third-order valence-electron chi connectivity index (χ3n) is 4.03. The van der Waals surface area contributed by atoms with Gasteiger partial charge < -0.3 is 5.32 Å². The van der Waals surface area contributed by atoms with E-state index in [1.165, 1.54) is 0 Å². The van der Waals surface area contributed by atoms with Crippen LogP contribution in [0.5, 0.6) is 0 Å². The van der Waals surface area contributed by atoms with Gasteiger partial charge in [-0.05, 0) is 36.4 Å². The van der Waals surface area contributed by atoms with Gasteiger partial charge in [0.2, 0.25) is 10.0 Å². The highest BCUT2D eigenvalue weighted by Gasteiger charge is 2.11. The Morgan fingerprint density at radius 2 is 1.46 bits per heavy atom. The second-order valence-electron chi connectivity index (χ2n) is 6.10. The third kappa shape index (κ3) is 3.32. The van der Waals surface area contributed by atoms with Crippen molar-refractivity contribution >= 4 is 48.9 Å². The molecule has 0 bridgehead atoms. The maximum absolute atomic E-state index is 11.5. The Hall–Kier alpha value is -3.12. The van der Waals surface area contributed by atoms with Crippen LogP contribution in [-0.2, 0) is 10.0 Å². The maximum atomic E-state index is 11.5. The molecule has 4 rings (SSSR count). The molecular formula is C20H17N3O2S. The van der Waals surface area contributed by atoms with Crippen molar-refractivity contribution in [2.45, 2.75) is 0 Å². The van der Waals surface area contributed by atoms with Gasteiger partial charge in [-0.15, -0.1) is 0 Å². The normalized spacial score (nSPS) is 11.6. The molecule has 0 spiro atoms. The molecule has 0 fully saturated rings. The number of hydrogen-bond acceptors (Lipinski definition) is 4. The quantitative estimate of drug-likeness (QED) is 0.524. The first kappa shape index (κ1) is 16.4. The molecule has 1 heterocycles. The molecule has 3 aromatic carbocycles. The monoisotopic (exact) mass is 363 g/mol. The van der Waals surface area contributed by atoms with Gasteiger partial charge in [-0.3, -0.25) is 4.72 Å². The lowest BCUT2D eigenvalue weighted by molar-refractivity contribution is 0.607. The van der Waals surface area contributed by atoms with Crippen LogP contribution in [0.15, 0.2) is 72.8 Å². The Kier molecular flexibility index (Phi) is 3.97. The highest BCUT2D eigenvalue weighted by molar-refractivity contribution is 7.92. The fraction of sp³-hybridized carbons (Fsp3) is 0.0500. The molecule has 26 heavy (non-hydrogen) atoms. The average Bonchev–Trinajstić information content (AvgIpc) is 2.61. The minimum atomic E-state index is -3.34. The molecule has 0 radical (unpaired) electrons. The molecule has 0 aliphatic carbocycles. The number of para-hydroxylation sites is 2. The van der Waals surface area contributed by atoms with Crippen LogP contribution < -0.4 is 10.0 Å². The number of hydrogen-bond donors (Lipinski definition) is 2. The van der Waals surface area contributed by atoms with Crippen LogP contribution in [0.3, 0.4) is 0 Å². The van der Waals surface area contributed by atoms with E-state index in [0.29, 0.717) is 5.69 Å². The summed E-state index contributed by atoms with van der Waals surface area (Å²) in [5, 5.41) is 5.41. The Balaban J connectivity index is 1.93. The summed E-state index contributed by atoms with van der Waals surface area (Å²) in [7, 11) is -3.34. The van der Waals surface area contributed by atoms with E-state index in [0.717, 1.165) is 39.4 Å². The first-order chi connectivity index (χ1) is 12.5. The van der Waals surface area contributed by atoms with Crippen LogP contribution in [0.2, 0.25) is 0 Å². The molecule has 0 saturated heterocycles. The van der Waals surface area contributed by atoms with Crippen molar-refractivity contribution in [1.82, 2.24) is 4.98 Å². The fourth-order valence-electron chi connectivity index (χ4n) is 2.97. The summed E-state index contributed by atoms with van der Waals surface area (Å²) >= 11 is 0. The minimum Gasteiger partial charge on any atom is -0.354 e. The number of pyridine rings is 1. The van der Waals surface area contributed by atoms with Crippen LogP contribution in [0, 0.1) is 0 Å². The summed E-state index contributed by atoms with van der Waals surface area (Å²) in [6, 6.07) is 23.2. The van der Waals surface area contributed by atoms with Gasteiger partial charge in [-0.2, -0.15) is 0 Å². The lowest BCUT2D eigenvalue weighted by Crippen LogP contribution is -2.09. The van der Waals surface area contributed by atoms with Crippen molar-refractivity contribution in [3.8, 4) is 0 Å². The molecule has 0 aliphatic rings. The van der Waals surface area contributed by atoms with E-state index >= 15 is 0 Å². The molecule has 5 nitrogen and oxygen atoms in total. The zero-order valence-electron chi connectivity index (χ0n) is 14.1. The molecule has 1 aromatic heterocycles. The third-order valence-corrected chi connectivity index (χ3v) is 4.63. The molecule has 0 saturated carbocycles. The maximum Gasteiger partial charge on any atom is 0.229 e. The van der Waals surface area contributed by atoms with Crippen LogP contribution in [0.1, 0.15) is 0 Å². The van der Waals surface area contributed by atoms with Crippen molar-refractivity contribution in [1.29, 1.82) is 0 Å². The number of fused-ring (bicyclic) bond motifs is 2. The summed E-state index contributed by atoms with van der Waals surface area (Å²) in [4.78, 5) is 4.70. The van der Waals surface area contributed by atoms with Gasteiger partial charge in [0.1, 0.15) is 0 Å². The van der Waals surface area contributed by atoms with Crippen molar-refractivity contribution < 1.29 is 8.42 Å². The topological polar surface area (TPSA) is 71.1 Å². The summed E-state index contributed by atoms with van der Waals surface area (Å²) in [6.07, 6.45) is 1.13. The lowest BCUT2D eigenvalue weighted by atomic mass is 10.1. The molecule has 130 valence electrons. The van der Waals surface area contributed by atoms with Crippen molar-refractivity contribution in [3.63, 3.8) is 0 Å². The van der Waals surface area contributed by atoms with Crippen LogP contribution in [0.25, 0.3) is 21.8 Å². The van der Waals surface area contributed by atoms with E-state index in [-0.39, 0.29) is 0 Å². The zero-order chi connectivity index (χ0) is 18.1. The summed E-state index contributed by atoms with van der Waals surface area (Å²) in [5.41, 5.74) is 3.98. The predicted molar refractivity (Wildman–Crippen MR) is 107 cm³/mol. The lowest BCUT2D eigenvalue weighted by Gasteiger charge is -2.14. The summed E-state index contributed by atoms with van der Waals surface area (Å²) in [6.45, 7) is 0. The smallest absolute Gasteiger partial charge is 0.229 e. The van der Waals surface area contributed by atoms with E-state index in [9.17, 15) is 8.42 Å². The molecule has 2 N–H and O–H groups in total. The van der Waals surface area contributed by atoms with Crippen molar-refractivity contribution in [2.75, 3.05) is 16.3 Å². The van der Waals surface area contributed by atoms with Gasteiger partial charge in [0.15, 0.2) is 0 Å². The second-order valence-corrected chi connectivity index (χ2v) is 7.85. The Labute approximate surface area is 151 Å². The van der Waals surface area contributed by atoms with Crippen LogP contribution in [0.4, 0.5) is 17.1 Å². The number of rotatable bonds is 4. The number of benzene rings is 3. The van der Waals surface area contributed by atoms with Crippen molar-refractivity contribution in [2.24, 2.45) is 0 Å². The van der Waals surface area contributed by atoms with Gasteiger partial charge in [0.25, 0.3) is 0 Å². The Morgan fingerprint density at radius 3 is 2.23 bits per heavy atom. The van der Waals surface area contributed by atoms with Gasteiger partial charge in [0, 0.05) is 16.5 Å². The molecule has 0 amide bonds. The zero-order valence-corrected chi connectivity index (χ0v) is 14.9. The van der Waals surface area contributed by atoms with Crippen LogP contribution in [-0.4, -0.2) is 19.7 Å². The van der Waals surface area contributed by atoms with Crippen LogP contribution >= 0.6 is 0 Å². The highest BCUT2D eigenvalue weighted by atomic mass is 32.2. The van der Waals surface area contributed by atoms with E-state index in [1.807, 2.05) is 60.7 Å². The highest BCUT2D eigenvalue weighted by Crippen LogP contribution is 2.34. The molecule has 0 unspecified atom stereocenters. The molecule has 6 heteroatoms. The largest absolute Gasteiger partial charge is 0.354 e. The number of nitrogens with zero attached hydrogens (tertiary/aromatic N) is 1. The molecule has 4 aromatic rings. The number of anilines is 3. The number of sulfonamides is 1. The number of nitrogens with one attached hydrogen (secondary N) is 2. The fourth-order valence-corrected chi connectivity index (χ4v) is 3.53. The second kappa shape index (κ2) is 6.31. The van der Waals surface area contributed by atoms with E-state index < -0.39 is 10.0 Å². The molecule has 0 aliphatic heterocycles. The van der Waals surface area contributed by atoms with E-state index in [1.54, 1.807) is 12.1 Å². The first-order valence-corrected chi connectivity index (χ1v) is 10.0. The van der Waals surface area contributed by atoms with Gasteiger partial charge in [-0.1, -0.05) is 36.4 Å². The first-order valence-electron chi connectivity index (χ1n) is 8.12. The van der Waals surface area contributed by atoms with Gasteiger partial charge in [0.05, 0.1) is 28.7 Å². The Morgan fingerprint density at radius 1 is 0.769 bits per heavy atom. The molecular weight excluding hydrogens is 346 g/mol. The van der Waals surface area contributed by atoms with Crippen molar-refractivity contribution in [3.05, 3.63) is 72.8 Å². The summed E-state index contributed by atoms with van der Waals surface area (Å²) in [5.74, 6) is 0. The standard InChI is InChI=1S/C20H17N3O2S/c1-26(24,25)23-15-11-12-17-19(13-15)22-18-10-6-5-9-16(18)20(17)21-14-7-3-2-4-8-14/h2-13,23H,1H3,(H,21,22).